The van der Waals surface area contributed by atoms with Gasteiger partial charge in [-0.2, -0.15) is 26.3 Å². The summed E-state index contributed by atoms with van der Waals surface area (Å²) in [5.41, 5.74) is -7.84. The van der Waals surface area contributed by atoms with Crippen molar-refractivity contribution in [3.05, 3.63) is 65.0 Å². The molecule has 7 nitrogen and oxygen atoms in total. The number of aryl methyl sites for hydroxylation is 1. The molecule has 0 unspecified atom stereocenters. The first kappa shape index (κ1) is 32.5. The van der Waals surface area contributed by atoms with Crippen LogP contribution in [-0.2, 0) is 25.0 Å². The summed E-state index contributed by atoms with van der Waals surface area (Å²) in [4.78, 5) is 28.7. The van der Waals surface area contributed by atoms with Gasteiger partial charge in [-0.25, -0.2) is 22.0 Å². The Morgan fingerprint density at radius 1 is 0.791 bits per heavy atom. The number of carbonyl (C=O) groups excluding carboxylic acids is 2. The first-order valence-corrected chi connectivity index (χ1v) is 14.5. The molecule has 236 valence electrons. The second kappa shape index (κ2) is 10.9. The minimum atomic E-state index is -6.37. The van der Waals surface area contributed by atoms with Crippen LogP contribution in [0.15, 0.2) is 47.4 Å². The third-order valence-corrected chi connectivity index (χ3v) is 10.5. The fraction of sp³-hybridized carbons (Fsp3) is 0.481. The summed E-state index contributed by atoms with van der Waals surface area (Å²) >= 11 is 0. The second-order valence-corrected chi connectivity index (χ2v) is 12.8. The summed E-state index contributed by atoms with van der Waals surface area (Å²) in [6, 6.07) is 4.14. The molecule has 0 radical (unpaired) electrons. The van der Waals surface area contributed by atoms with E-state index in [4.69, 9.17) is 0 Å². The lowest BCUT2D eigenvalue weighted by Crippen LogP contribution is -2.54. The van der Waals surface area contributed by atoms with Gasteiger partial charge in [-0.1, -0.05) is 24.3 Å². The van der Waals surface area contributed by atoms with E-state index in [0.717, 1.165) is 18.2 Å². The van der Waals surface area contributed by atoms with Crippen molar-refractivity contribution in [3.8, 4) is 0 Å². The van der Waals surface area contributed by atoms with Gasteiger partial charge in [-0.05, 0) is 42.7 Å². The Kier molecular flexibility index (Phi) is 8.26. The van der Waals surface area contributed by atoms with Gasteiger partial charge in [-0.3, -0.25) is 4.79 Å². The summed E-state index contributed by atoms with van der Waals surface area (Å²) in [5, 5.41) is 0. The zero-order chi connectivity index (χ0) is 32.2. The molecule has 0 N–H and O–H groups in total. The third-order valence-electron chi connectivity index (χ3n) is 8.04. The maximum Gasteiger partial charge on any atom is 0.435 e. The number of carbonyl (C=O) groups is 2. The number of nitrogens with zero attached hydrogens (tertiary/aromatic N) is 3. The van der Waals surface area contributed by atoms with Gasteiger partial charge in [-0.15, -0.1) is 0 Å². The highest BCUT2D eigenvalue weighted by Crippen LogP contribution is 2.54. The van der Waals surface area contributed by atoms with Gasteiger partial charge in [0.25, 0.3) is 0 Å². The molecular weight excluding hydrogens is 614 g/mol. The fourth-order valence-corrected chi connectivity index (χ4v) is 7.63. The van der Waals surface area contributed by atoms with Gasteiger partial charge < -0.3 is 14.7 Å². The van der Waals surface area contributed by atoms with Gasteiger partial charge in [0.05, 0.1) is 4.90 Å². The summed E-state index contributed by atoms with van der Waals surface area (Å²) in [5.74, 6) is -0.909. The molecule has 2 fully saturated rings. The minimum Gasteiger partial charge on any atom is -0.339 e. The van der Waals surface area contributed by atoms with Crippen LogP contribution in [0.4, 0.5) is 39.9 Å². The zero-order valence-electron chi connectivity index (χ0n) is 22.9. The number of amides is 3. The van der Waals surface area contributed by atoms with E-state index in [1.807, 2.05) is 0 Å². The maximum atomic E-state index is 14.7. The van der Waals surface area contributed by atoms with Crippen LogP contribution in [0, 0.1) is 12.7 Å². The van der Waals surface area contributed by atoms with Crippen LogP contribution in [0.1, 0.15) is 30.0 Å². The number of halogens is 8. The average Bonchev–Trinajstić information content (AvgIpc) is 3.40. The quantitative estimate of drug-likeness (QED) is 0.345. The Balaban J connectivity index is 1.77. The smallest absolute Gasteiger partial charge is 0.339 e. The summed E-state index contributed by atoms with van der Waals surface area (Å²) in [6.07, 6.45) is -13.1. The van der Waals surface area contributed by atoms with E-state index < -0.39 is 56.6 Å². The van der Waals surface area contributed by atoms with Crippen LogP contribution in [0.3, 0.4) is 0 Å². The minimum absolute atomic E-state index is 0.0431. The van der Waals surface area contributed by atoms with Crippen molar-refractivity contribution in [2.45, 2.75) is 47.9 Å². The molecule has 16 heteroatoms. The number of piperazine rings is 1. The topological polar surface area (TPSA) is 78.0 Å². The lowest BCUT2D eigenvalue weighted by atomic mass is 9.90. The standard InChI is InChI=1S/C27H27F8N3O4S/c1-17-15-21(7-8-22(17)28)43(41,42)24(9-10-38(16-24)23(40)37-13-11-36(12-14-37)18(2)39)19-3-5-20(6-4-19)25(29,26(30,31)32)27(33,34)35/h3-8,15H,9-14,16H2,1-2H3/t24-/m0/s1. The molecule has 0 aromatic heterocycles. The van der Waals surface area contributed by atoms with Crippen molar-refractivity contribution in [1.29, 1.82) is 0 Å². The van der Waals surface area contributed by atoms with Crippen molar-refractivity contribution in [2.24, 2.45) is 0 Å². The number of hydrogen-bond acceptors (Lipinski definition) is 4. The molecule has 1 atom stereocenters. The molecule has 2 aromatic carbocycles. The van der Waals surface area contributed by atoms with Crippen molar-refractivity contribution in [2.75, 3.05) is 39.3 Å². The van der Waals surface area contributed by atoms with Crippen LogP contribution < -0.4 is 0 Å². The second-order valence-electron chi connectivity index (χ2n) is 10.6. The molecule has 2 aromatic rings. The molecular formula is C27H27F8N3O4S. The van der Waals surface area contributed by atoms with E-state index in [-0.39, 0.29) is 73.2 Å². The highest BCUT2D eigenvalue weighted by Gasteiger charge is 2.73. The normalized spacial score (nSPS) is 20.5. The van der Waals surface area contributed by atoms with Gasteiger partial charge in [0, 0.05) is 51.8 Å². The molecule has 0 bridgehead atoms. The number of likely N-dealkylation sites (tertiary alicyclic amines) is 1. The SMILES string of the molecule is CC(=O)N1CCN(C(=O)N2CC[C@](c3ccc(C(F)(C(F)(F)F)C(F)(F)F)cc3)(S(=O)(=O)c3ccc(F)c(C)c3)C2)CC1. The molecule has 4 rings (SSSR count). The maximum absolute atomic E-state index is 14.7. The molecule has 2 aliphatic rings. The Morgan fingerprint density at radius 2 is 1.33 bits per heavy atom. The predicted molar refractivity (Wildman–Crippen MR) is 137 cm³/mol. The Bertz CT molecular complexity index is 1490. The van der Waals surface area contributed by atoms with E-state index >= 15 is 0 Å². The van der Waals surface area contributed by atoms with E-state index in [0.29, 0.717) is 12.1 Å². The van der Waals surface area contributed by atoms with Gasteiger partial charge >= 0.3 is 24.1 Å². The van der Waals surface area contributed by atoms with E-state index in [9.17, 15) is 53.1 Å². The summed E-state index contributed by atoms with van der Waals surface area (Å²) in [6.45, 7) is 2.73. The van der Waals surface area contributed by atoms with Gasteiger partial charge in [0.1, 0.15) is 10.6 Å². The summed E-state index contributed by atoms with van der Waals surface area (Å²) < 4.78 is 135. The van der Waals surface area contributed by atoms with Crippen LogP contribution in [0.2, 0.25) is 0 Å². The van der Waals surface area contributed by atoms with Crippen LogP contribution in [-0.4, -0.2) is 86.7 Å². The number of hydrogen-bond donors (Lipinski definition) is 0. The summed E-state index contributed by atoms with van der Waals surface area (Å²) in [7, 11) is -4.59. The van der Waals surface area contributed by atoms with Crippen molar-refractivity contribution >= 4 is 21.8 Å². The first-order chi connectivity index (χ1) is 19.8. The molecule has 2 saturated heterocycles. The van der Waals surface area contributed by atoms with Gasteiger partial charge in [0.15, 0.2) is 9.84 Å². The number of urea groups is 1. The fourth-order valence-electron chi connectivity index (χ4n) is 5.47. The first-order valence-electron chi connectivity index (χ1n) is 13.0. The number of rotatable bonds is 4. The largest absolute Gasteiger partial charge is 0.435 e. The number of benzene rings is 2. The Hall–Kier alpha value is -3.43. The van der Waals surface area contributed by atoms with E-state index in [1.54, 1.807) is 0 Å². The lowest BCUT2D eigenvalue weighted by molar-refractivity contribution is -0.348. The lowest BCUT2D eigenvalue weighted by Gasteiger charge is -2.37. The van der Waals surface area contributed by atoms with Crippen molar-refractivity contribution < 1.29 is 53.1 Å². The van der Waals surface area contributed by atoms with Crippen LogP contribution >= 0.6 is 0 Å². The number of sulfone groups is 1. The van der Waals surface area contributed by atoms with Crippen LogP contribution in [0.25, 0.3) is 0 Å². The predicted octanol–water partition coefficient (Wildman–Crippen LogP) is 5.08. The molecule has 0 saturated carbocycles. The molecule has 2 aliphatic heterocycles. The highest BCUT2D eigenvalue weighted by molar-refractivity contribution is 7.92. The monoisotopic (exact) mass is 641 g/mol. The van der Waals surface area contributed by atoms with E-state index in [2.05, 4.69) is 0 Å². The molecule has 0 aliphatic carbocycles. The van der Waals surface area contributed by atoms with Crippen molar-refractivity contribution in [1.82, 2.24) is 14.7 Å². The zero-order valence-corrected chi connectivity index (χ0v) is 23.7. The molecule has 2 heterocycles. The highest BCUT2D eigenvalue weighted by atomic mass is 32.2. The Labute approximate surface area is 242 Å². The van der Waals surface area contributed by atoms with Crippen molar-refractivity contribution in [3.63, 3.8) is 0 Å². The molecule has 3 amide bonds. The van der Waals surface area contributed by atoms with E-state index in [1.165, 1.54) is 28.5 Å². The average molecular weight is 642 g/mol. The Morgan fingerprint density at radius 3 is 1.81 bits per heavy atom. The third kappa shape index (κ3) is 5.42. The number of alkyl halides is 7. The van der Waals surface area contributed by atoms with Crippen LogP contribution in [0.5, 0.6) is 0 Å². The van der Waals surface area contributed by atoms with Gasteiger partial charge in [0.2, 0.25) is 5.91 Å². The molecule has 43 heavy (non-hydrogen) atoms. The molecule has 0 spiro atoms.